The zero-order valence-corrected chi connectivity index (χ0v) is 18.8. The molecule has 0 saturated carbocycles. The van der Waals surface area contributed by atoms with Crippen molar-refractivity contribution in [2.45, 2.75) is 6.92 Å². The number of halogens is 1. The van der Waals surface area contributed by atoms with Gasteiger partial charge in [-0.3, -0.25) is 9.71 Å². The number of aryl methyl sites for hydroxylation is 1. The average molecular weight is 472 g/mol. The van der Waals surface area contributed by atoms with Gasteiger partial charge in [-0.15, -0.1) is 0 Å². The molecule has 3 aromatic rings. The number of rotatable bonds is 6. The molecule has 1 aromatic heterocycles. The molecule has 172 valence electrons. The number of aromatic nitrogens is 2. The molecule has 1 aliphatic rings. The van der Waals surface area contributed by atoms with E-state index in [0.29, 0.717) is 18.9 Å². The second-order valence-electron chi connectivity index (χ2n) is 7.16. The first-order valence-corrected chi connectivity index (χ1v) is 11.5. The molecular formula is C22H22FN5O4S. The molecule has 2 N–H and O–H groups in total. The number of imidazole rings is 1. The van der Waals surface area contributed by atoms with Crippen LogP contribution in [-0.4, -0.2) is 44.1 Å². The fraction of sp³-hybridized carbons (Fsp3) is 0.182. The number of hydrogen-bond donors (Lipinski definition) is 2. The van der Waals surface area contributed by atoms with Crippen LogP contribution in [0.25, 0.3) is 11.8 Å². The van der Waals surface area contributed by atoms with E-state index in [-0.39, 0.29) is 17.3 Å². The van der Waals surface area contributed by atoms with E-state index in [1.807, 2.05) is 29.8 Å². The van der Waals surface area contributed by atoms with E-state index in [2.05, 4.69) is 19.4 Å². The summed E-state index contributed by atoms with van der Waals surface area (Å²) in [7, 11) is -2.47. The third-order valence-corrected chi connectivity index (χ3v) is 5.64. The van der Waals surface area contributed by atoms with Gasteiger partial charge in [0.25, 0.3) is 0 Å². The average Bonchev–Trinajstić information content (AvgIpc) is 3.22. The standard InChI is InChI=1S/C22H22FN5O4S/c1-15-13-28(14-25-15)19-8-3-16(11-20(19)31-2)12-21-22(24-9-10-32-21)27-33(29,30)26-18-6-4-17(23)5-7-18/h3-8,11-14,26H,9-10H2,1-2H3,(H,24,27). The Labute approximate surface area is 190 Å². The highest BCUT2D eigenvalue weighted by Gasteiger charge is 2.20. The molecule has 9 nitrogen and oxygen atoms in total. The third-order valence-electron chi connectivity index (χ3n) is 4.67. The van der Waals surface area contributed by atoms with Crippen molar-refractivity contribution in [1.82, 2.24) is 14.3 Å². The number of nitrogens with one attached hydrogen (secondary N) is 2. The lowest BCUT2D eigenvalue weighted by Gasteiger charge is -2.19. The van der Waals surface area contributed by atoms with Crippen molar-refractivity contribution in [1.29, 1.82) is 0 Å². The molecule has 1 aliphatic heterocycles. The second-order valence-corrected chi connectivity index (χ2v) is 8.57. The van der Waals surface area contributed by atoms with Gasteiger partial charge in [0.2, 0.25) is 0 Å². The van der Waals surface area contributed by atoms with Gasteiger partial charge in [0.15, 0.2) is 11.6 Å². The fourth-order valence-electron chi connectivity index (χ4n) is 3.18. The molecule has 0 spiro atoms. The van der Waals surface area contributed by atoms with E-state index in [4.69, 9.17) is 9.47 Å². The summed E-state index contributed by atoms with van der Waals surface area (Å²) >= 11 is 0. The van der Waals surface area contributed by atoms with Gasteiger partial charge in [0.1, 0.15) is 18.2 Å². The summed E-state index contributed by atoms with van der Waals surface area (Å²) in [6, 6.07) is 10.5. The van der Waals surface area contributed by atoms with Gasteiger partial charge < -0.3 is 14.0 Å². The zero-order chi connectivity index (χ0) is 23.4. The minimum Gasteiger partial charge on any atom is -0.495 e. The van der Waals surface area contributed by atoms with Crippen LogP contribution in [0.2, 0.25) is 0 Å². The number of aliphatic imine (C=N–C) groups is 1. The molecular weight excluding hydrogens is 449 g/mol. The van der Waals surface area contributed by atoms with Crippen molar-refractivity contribution in [2.24, 2.45) is 4.99 Å². The number of anilines is 1. The van der Waals surface area contributed by atoms with Crippen molar-refractivity contribution < 1.29 is 22.3 Å². The lowest BCUT2D eigenvalue weighted by Crippen LogP contribution is -2.38. The summed E-state index contributed by atoms with van der Waals surface area (Å²) in [6.07, 6.45) is 5.25. The molecule has 0 aliphatic carbocycles. The maximum absolute atomic E-state index is 13.1. The highest BCUT2D eigenvalue weighted by atomic mass is 32.2. The summed E-state index contributed by atoms with van der Waals surface area (Å²) in [5, 5.41) is 0. The summed E-state index contributed by atoms with van der Waals surface area (Å²) in [6.45, 7) is 2.51. The van der Waals surface area contributed by atoms with Crippen molar-refractivity contribution >= 4 is 27.8 Å². The van der Waals surface area contributed by atoms with Crippen LogP contribution >= 0.6 is 0 Å². The third kappa shape index (κ3) is 5.50. The number of amidine groups is 1. The van der Waals surface area contributed by atoms with E-state index in [9.17, 15) is 12.8 Å². The number of benzene rings is 2. The minimum atomic E-state index is -4.03. The van der Waals surface area contributed by atoms with Crippen LogP contribution in [0, 0.1) is 12.7 Å². The Hall–Kier alpha value is -3.86. The van der Waals surface area contributed by atoms with Crippen LogP contribution in [0.3, 0.4) is 0 Å². The predicted octanol–water partition coefficient (Wildman–Crippen LogP) is 3.04. The molecule has 0 radical (unpaired) electrons. The number of hydrogen-bond acceptors (Lipinski definition) is 6. The Morgan fingerprint density at radius 3 is 2.67 bits per heavy atom. The van der Waals surface area contributed by atoms with Crippen molar-refractivity contribution in [3.05, 3.63) is 77.8 Å². The quantitative estimate of drug-likeness (QED) is 0.575. The fourth-order valence-corrected chi connectivity index (χ4v) is 4.10. The van der Waals surface area contributed by atoms with E-state index in [0.717, 1.165) is 29.1 Å². The predicted molar refractivity (Wildman–Crippen MR) is 123 cm³/mol. The number of ether oxygens (including phenoxy) is 2. The molecule has 0 saturated heterocycles. The maximum atomic E-state index is 13.1. The highest BCUT2D eigenvalue weighted by molar-refractivity contribution is 7.91. The lowest BCUT2D eigenvalue weighted by atomic mass is 10.1. The molecule has 0 amide bonds. The summed E-state index contributed by atoms with van der Waals surface area (Å²) < 4.78 is 55.9. The van der Waals surface area contributed by atoms with Crippen LogP contribution in [0.5, 0.6) is 5.75 Å². The Balaban J connectivity index is 1.57. The molecule has 0 bridgehead atoms. The van der Waals surface area contributed by atoms with E-state index < -0.39 is 16.0 Å². The first-order valence-electron chi connectivity index (χ1n) is 9.97. The molecule has 0 fully saturated rings. The van der Waals surface area contributed by atoms with E-state index in [1.54, 1.807) is 25.6 Å². The lowest BCUT2D eigenvalue weighted by molar-refractivity contribution is 0.233. The van der Waals surface area contributed by atoms with Crippen LogP contribution in [0.1, 0.15) is 11.3 Å². The van der Waals surface area contributed by atoms with Crippen molar-refractivity contribution in [3.8, 4) is 11.4 Å². The van der Waals surface area contributed by atoms with E-state index in [1.165, 1.54) is 12.1 Å². The number of nitrogens with zero attached hydrogens (tertiary/aromatic N) is 3. The van der Waals surface area contributed by atoms with Crippen molar-refractivity contribution in [2.75, 3.05) is 25.0 Å². The maximum Gasteiger partial charge on any atom is 0.322 e. The molecule has 2 aromatic carbocycles. The summed E-state index contributed by atoms with van der Waals surface area (Å²) in [4.78, 5) is 8.48. The van der Waals surface area contributed by atoms with Gasteiger partial charge in [-0.1, -0.05) is 6.07 Å². The van der Waals surface area contributed by atoms with Gasteiger partial charge in [0, 0.05) is 6.20 Å². The van der Waals surface area contributed by atoms with Crippen LogP contribution < -0.4 is 14.2 Å². The monoisotopic (exact) mass is 471 g/mol. The summed E-state index contributed by atoms with van der Waals surface area (Å²) in [5.41, 5.74) is 2.62. The van der Waals surface area contributed by atoms with Crippen LogP contribution in [0.15, 0.2) is 65.7 Å². The molecule has 4 rings (SSSR count). The largest absolute Gasteiger partial charge is 0.495 e. The topological polar surface area (TPSA) is 107 Å². The molecule has 11 heteroatoms. The van der Waals surface area contributed by atoms with Crippen LogP contribution in [0.4, 0.5) is 10.1 Å². The SMILES string of the molecule is COc1cc(C=C2OCCN=C2NS(=O)(=O)Nc2ccc(F)cc2)ccc1-n1cnc(C)c1. The molecule has 33 heavy (non-hydrogen) atoms. The first-order chi connectivity index (χ1) is 15.8. The zero-order valence-electron chi connectivity index (χ0n) is 17.9. The Morgan fingerprint density at radius 2 is 1.97 bits per heavy atom. The van der Waals surface area contributed by atoms with Gasteiger partial charge in [-0.2, -0.15) is 8.42 Å². The van der Waals surface area contributed by atoms with Crippen molar-refractivity contribution in [3.63, 3.8) is 0 Å². The van der Waals surface area contributed by atoms with Crippen LogP contribution in [-0.2, 0) is 14.9 Å². The summed E-state index contributed by atoms with van der Waals surface area (Å²) in [5.74, 6) is 0.462. The minimum absolute atomic E-state index is 0.0594. The molecule has 2 heterocycles. The van der Waals surface area contributed by atoms with E-state index >= 15 is 0 Å². The first kappa shape index (κ1) is 22.3. The van der Waals surface area contributed by atoms with Gasteiger partial charge in [-0.25, -0.2) is 14.1 Å². The second kappa shape index (κ2) is 9.33. The normalized spacial score (nSPS) is 15.0. The molecule has 0 unspecified atom stereocenters. The number of methoxy groups -OCH3 is 1. The Bertz CT molecular complexity index is 1320. The Morgan fingerprint density at radius 1 is 1.18 bits per heavy atom. The Kier molecular flexibility index (Phi) is 6.31. The van der Waals surface area contributed by atoms with Gasteiger partial charge >= 0.3 is 10.2 Å². The highest BCUT2D eigenvalue weighted by Crippen LogP contribution is 2.26. The smallest absolute Gasteiger partial charge is 0.322 e. The van der Waals surface area contributed by atoms with Gasteiger partial charge in [0.05, 0.1) is 37.1 Å². The molecule has 0 atom stereocenters. The van der Waals surface area contributed by atoms with Gasteiger partial charge in [-0.05, 0) is 55.0 Å².